The minimum Gasteiger partial charge on any atom is -0.300 e. The van der Waals surface area contributed by atoms with Crippen LogP contribution >= 0.6 is 0 Å². The van der Waals surface area contributed by atoms with Gasteiger partial charge in [0.15, 0.2) is 0 Å². The van der Waals surface area contributed by atoms with Gasteiger partial charge in [0.05, 0.1) is 0 Å². The molecule has 0 bridgehead atoms. The number of carbonyl (C=O) groups is 1. The van der Waals surface area contributed by atoms with Gasteiger partial charge in [-0.1, -0.05) is 71.6 Å². The number of unbranched alkanes of at least 4 members (excludes halogenated alkanes) is 8. The summed E-state index contributed by atoms with van der Waals surface area (Å²) >= 11 is 0. The number of rotatable bonds is 11. The Hall–Kier alpha value is -0.330. The molecule has 0 aliphatic rings. The van der Waals surface area contributed by atoms with Gasteiger partial charge < -0.3 is 0 Å². The second kappa shape index (κ2) is 11.2. The average Bonchev–Trinajstić information content (AvgIpc) is 2.26. The van der Waals surface area contributed by atoms with E-state index in [0.717, 1.165) is 6.42 Å². The summed E-state index contributed by atoms with van der Waals surface area (Å²) in [6.45, 7) is 6.02. The van der Waals surface area contributed by atoms with Crippen molar-refractivity contribution in [1.82, 2.24) is 0 Å². The van der Waals surface area contributed by atoms with E-state index in [0.29, 0.717) is 5.78 Å². The summed E-state index contributed by atoms with van der Waals surface area (Å²) in [5.41, 5.74) is 0. The van der Waals surface area contributed by atoms with E-state index in [1.165, 1.54) is 57.8 Å². The van der Waals surface area contributed by atoms with Crippen LogP contribution < -0.4 is 0 Å². The monoisotopic (exact) mass is 226 g/mol. The molecule has 0 fully saturated rings. The maximum absolute atomic E-state index is 11.0. The molecular weight excluding hydrogens is 196 g/mol. The van der Waals surface area contributed by atoms with Gasteiger partial charge in [0.1, 0.15) is 5.78 Å². The Morgan fingerprint density at radius 3 is 1.75 bits per heavy atom. The van der Waals surface area contributed by atoms with Crippen LogP contribution in [0.2, 0.25) is 0 Å². The van der Waals surface area contributed by atoms with Crippen molar-refractivity contribution in [3.63, 3.8) is 0 Å². The quantitative estimate of drug-likeness (QED) is 0.446. The van der Waals surface area contributed by atoms with Gasteiger partial charge in [0.2, 0.25) is 0 Å². The fourth-order valence-electron chi connectivity index (χ4n) is 1.96. The molecule has 1 nitrogen and oxygen atoms in total. The molecule has 0 saturated heterocycles. The molecule has 0 aliphatic heterocycles. The van der Waals surface area contributed by atoms with Crippen LogP contribution in [0.15, 0.2) is 0 Å². The molecule has 0 saturated carbocycles. The molecule has 0 heterocycles. The average molecular weight is 226 g/mol. The van der Waals surface area contributed by atoms with E-state index < -0.39 is 0 Å². The molecule has 1 unspecified atom stereocenters. The van der Waals surface area contributed by atoms with Crippen molar-refractivity contribution in [3.8, 4) is 0 Å². The molecule has 0 radical (unpaired) electrons. The van der Waals surface area contributed by atoms with Crippen LogP contribution in [0.5, 0.6) is 0 Å². The zero-order chi connectivity index (χ0) is 12.2. The molecular formula is C15H30O. The van der Waals surface area contributed by atoms with Gasteiger partial charge in [0.25, 0.3) is 0 Å². The number of carbonyl (C=O) groups excluding carboxylic acids is 1. The van der Waals surface area contributed by atoms with E-state index in [-0.39, 0.29) is 5.92 Å². The first-order valence-electron chi connectivity index (χ1n) is 7.19. The lowest BCUT2D eigenvalue weighted by Gasteiger charge is -2.06. The van der Waals surface area contributed by atoms with Crippen LogP contribution in [0.3, 0.4) is 0 Å². The third-order valence-corrected chi connectivity index (χ3v) is 3.43. The third kappa shape index (κ3) is 10.2. The number of hydrogen-bond acceptors (Lipinski definition) is 1. The van der Waals surface area contributed by atoms with Crippen molar-refractivity contribution in [2.75, 3.05) is 0 Å². The summed E-state index contributed by atoms with van der Waals surface area (Å²) in [5, 5.41) is 0. The third-order valence-electron chi connectivity index (χ3n) is 3.43. The van der Waals surface area contributed by atoms with Crippen LogP contribution in [-0.2, 0) is 4.79 Å². The highest BCUT2D eigenvalue weighted by molar-refractivity contribution is 5.77. The molecule has 0 aromatic heterocycles. The summed E-state index contributed by atoms with van der Waals surface area (Å²) < 4.78 is 0. The zero-order valence-corrected chi connectivity index (χ0v) is 11.6. The van der Waals surface area contributed by atoms with E-state index in [2.05, 4.69) is 6.92 Å². The van der Waals surface area contributed by atoms with Crippen molar-refractivity contribution < 1.29 is 4.79 Å². The lowest BCUT2D eigenvalue weighted by molar-refractivity contribution is -0.120. The van der Waals surface area contributed by atoms with Crippen LogP contribution in [0, 0.1) is 5.92 Å². The molecule has 0 rings (SSSR count). The smallest absolute Gasteiger partial charge is 0.132 e. The minimum absolute atomic E-state index is 0.282. The highest BCUT2D eigenvalue weighted by Gasteiger charge is 2.05. The predicted octanol–water partition coefficient (Wildman–Crippen LogP) is 5.13. The molecule has 1 heteroatoms. The molecule has 0 N–H and O–H groups in total. The number of ketones is 1. The van der Waals surface area contributed by atoms with Crippen LogP contribution in [-0.4, -0.2) is 5.78 Å². The highest BCUT2D eigenvalue weighted by Crippen LogP contribution is 2.13. The van der Waals surface area contributed by atoms with Gasteiger partial charge in [0, 0.05) is 5.92 Å². The summed E-state index contributed by atoms with van der Waals surface area (Å²) in [6.07, 6.45) is 13.3. The largest absolute Gasteiger partial charge is 0.300 e. The SMILES string of the molecule is CCCCCCCCCCCC(C)C(C)=O. The molecule has 0 amide bonds. The lowest BCUT2D eigenvalue weighted by Crippen LogP contribution is -2.05. The highest BCUT2D eigenvalue weighted by atomic mass is 16.1. The van der Waals surface area contributed by atoms with Crippen molar-refractivity contribution >= 4 is 5.78 Å². The van der Waals surface area contributed by atoms with Crippen molar-refractivity contribution in [3.05, 3.63) is 0 Å². The maximum atomic E-state index is 11.0. The second-order valence-corrected chi connectivity index (χ2v) is 5.13. The van der Waals surface area contributed by atoms with Crippen LogP contribution in [0.4, 0.5) is 0 Å². The van der Waals surface area contributed by atoms with Gasteiger partial charge >= 0.3 is 0 Å². The summed E-state index contributed by atoms with van der Waals surface area (Å²) in [5.74, 6) is 0.629. The first kappa shape index (κ1) is 15.7. The first-order chi connectivity index (χ1) is 7.68. The van der Waals surface area contributed by atoms with E-state index in [1.54, 1.807) is 6.92 Å². The van der Waals surface area contributed by atoms with E-state index in [9.17, 15) is 4.79 Å². The number of Topliss-reactive ketones (excluding diaryl/α,β-unsaturated/α-hetero) is 1. The Balaban J connectivity index is 3.07. The molecule has 0 aromatic rings. The van der Waals surface area contributed by atoms with Crippen LogP contribution in [0.25, 0.3) is 0 Å². The van der Waals surface area contributed by atoms with Gasteiger partial charge in [-0.3, -0.25) is 4.79 Å². The molecule has 16 heavy (non-hydrogen) atoms. The van der Waals surface area contributed by atoms with Crippen molar-refractivity contribution in [2.24, 2.45) is 5.92 Å². The maximum Gasteiger partial charge on any atom is 0.132 e. The minimum atomic E-state index is 0.282. The summed E-state index contributed by atoms with van der Waals surface area (Å²) in [7, 11) is 0. The Bertz CT molecular complexity index is 163. The van der Waals surface area contributed by atoms with Gasteiger partial charge in [-0.25, -0.2) is 0 Å². The Labute approximate surface area is 102 Å². The van der Waals surface area contributed by atoms with Crippen LogP contribution in [0.1, 0.15) is 85.0 Å². The summed E-state index contributed by atoms with van der Waals surface area (Å²) in [4.78, 5) is 11.0. The molecule has 96 valence electrons. The molecule has 0 spiro atoms. The Morgan fingerprint density at radius 1 is 0.875 bits per heavy atom. The first-order valence-corrected chi connectivity index (χ1v) is 7.19. The van der Waals surface area contributed by atoms with Crippen molar-refractivity contribution in [2.45, 2.75) is 85.0 Å². The lowest BCUT2D eigenvalue weighted by atomic mass is 9.99. The van der Waals surface area contributed by atoms with E-state index in [1.807, 2.05) is 6.92 Å². The zero-order valence-electron chi connectivity index (χ0n) is 11.6. The molecule has 1 atom stereocenters. The fourth-order valence-corrected chi connectivity index (χ4v) is 1.96. The topological polar surface area (TPSA) is 17.1 Å². The van der Waals surface area contributed by atoms with Gasteiger partial charge in [-0.15, -0.1) is 0 Å². The van der Waals surface area contributed by atoms with E-state index >= 15 is 0 Å². The predicted molar refractivity (Wildman–Crippen MR) is 71.7 cm³/mol. The summed E-state index contributed by atoms with van der Waals surface area (Å²) in [6, 6.07) is 0. The standard InChI is InChI=1S/C15H30O/c1-4-5-6-7-8-9-10-11-12-13-14(2)15(3)16/h14H,4-13H2,1-3H3. The Morgan fingerprint density at radius 2 is 1.31 bits per heavy atom. The fraction of sp³-hybridized carbons (Fsp3) is 0.933. The second-order valence-electron chi connectivity index (χ2n) is 5.13. The number of hydrogen-bond donors (Lipinski definition) is 0. The molecule has 0 aliphatic carbocycles. The van der Waals surface area contributed by atoms with Gasteiger partial charge in [-0.2, -0.15) is 0 Å². The Kier molecular flexibility index (Phi) is 10.9. The van der Waals surface area contributed by atoms with E-state index in [4.69, 9.17) is 0 Å². The molecule has 0 aromatic carbocycles. The van der Waals surface area contributed by atoms with Gasteiger partial charge in [-0.05, 0) is 13.3 Å². The van der Waals surface area contributed by atoms with Crippen molar-refractivity contribution in [1.29, 1.82) is 0 Å². The normalized spacial score (nSPS) is 12.7.